The minimum absolute atomic E-state index is 0.0406. The average Bonchev–Trinajstić information content (AvgIpc) is 2.67. The lowest BCUT2D eigenvalue weighted by Gasteiger charge is -2.21. The number of rotatable bonds is 2. The maximum Gasteiger partial charge on any atom is 0.327 e. The van der Waals surface area contributed by atoms with Crippen molar-refractivity contribution in [2.75, 3.05) is 0 Å². The monoisotopic (exact) mass is 309 g/mol. The minimum Gasteiger partial charge on any atom is -0.290 e. The van der Waals surface area contributed by atoms with Gasteiger partial charge in [0.2, 0.25) is 0 Å². The molecule has 3 rings (SSSR count). The van der Waals surface area contributed by atoms with Gasteiger partial charge in [0, 0.05) is 17.2 Å². The summed E-state index contributed by atoms with van der Waals surface area (Å²) in [5.41, 5.74) is 1.54. The first kappa shape index (κ1) is 12.0. The van der Waals surface area contributed by atoms with Gasteiger partial charge in [0.15, 0.2) is 5.65 Å². The molecule has 2 heterocycles. The molecule has 5 heteroatoms. The third-order valence-corrected chi connectivity index (χ3v) is 4.19. The maximum absolute atomic E-state index is 12.0. The van der Waals surface area contributed by atoms with E-state index in [2.05, 4.69) is 25.9 Å². The van der Waals surface area contributed by atoms with Crippen LogP contribution in [0.2, 0.25) is 0 Å². The molecular formula is C13H16BrN3O. The molecule has 1 saturated carbocycles. The van der Waals surface area contributed by atoms with E-state index in [1.807, 2.05) is 10.6 Å². The number of H-pyrrole nitrogens is 1. The van der Waals surface area contributed by atoms with Gasteiger partial charge in [0.1, 0.15) is 0 Å². The smallest absolute Gasteiger partial charge is 0.290 e. The van der Waals surface area contributed by atoms with Crippen molar-refractivity contribution in [3.05, 3.63) is 27.2 Å². The molecule has 2 aromatic rings. The van der Waals surface area contributed by atoms with Crippen molar-refractivity contribution < 1.29 is 0 Å². The van der Waals surface area contributed by atoms with Gasteiger partial charge in [0.05, 0.1) is 5.52 Å². The number of pyridine rings is 1. The highest BCUT2D eigenvalue weighted by Crippen LogP contribution is 2.25. The van der Waals surface area contributed by atoms with Crippen LogP contribution in [-0.4, -0.2) is 14.5 Å². The number of nitrogens with one attached hydrogen (secondary N) is 1. The van der Waals surface area contributed by atoms with E-state index in [1.165, 1.54) is 32.1 Å². The highest BCUT2D eigenvalue weighted by atomic mass is 79.9. The van der Waals surface area contributed by atoms with Gasteiger partial charge in [-0.3, -0.25) is 9.55 Å². The van der Waals surface area contributed by atoms with Gasteiger partial charge >= 0.3 is 5.69 Å². The van der Waals surface area contributed by atoms with Crippen LogP contribution in [0.1, 0.15) is 32.1 Å². The average molecular weight is 310 g/mol. The van der Waals surface area contributed by atoms with E-state index in [-0.39, 0.29) is 5.69 Å². The number of hydrogen-bond donors (Lipinski definition) is 1. The van der Waals surface area contributed by atoms with Gasteiger partial charge in [-0.1, -0.05) is 19.3 Å². The number of nitrogens with zero attached hydrogens (tertiary/aromatic N) is 2. The third-order valence-electron chi connectivity index (χ3n) is 3.76. The Hall–Kier alpha value is -1.10. The molecule has 18 heavy (non-hydrogen) atoms. The first-order chi connectivity index (χ1) is 8.74. The second kappa shape index (κ2) is 4.88. The molecule has 0 bridgehead atoms. The van der Waals surface area contributed by atoms with Crippen LogP contribution in [0, 0.1) is 5.92 Å². The van der Waals surface area contributed by atoms with Crippen LogP contribution in [0.3, 0.4) is 0 Å². The molecule has 0 aliphatic heterocycles. The fraction of sp³-hybridized carbons (Fsp3) is 0.538. The molecule has 4 nitrogen and oxygen atoms in total. The van der Waals surface area contributed by atoms with E-state index in [1.54, 1.807) is 6.20 Å². The molecule has 0 amide bonds. The summed E-state index contributed by atoms with van der Waals surface area (Å²) in [5.74, 6) is 0.634. The predicted molar refractivity (Wildman–Crippen MR) is 74.6 cm³/mol. The predicted octanol–water partition coefficient (Wildman–Crippen LogP) is 3.07. The van der Waals surface area contributed by atoms with Crippen molar-refractivity contribution >= 4 is 27.1 Å². The summed E-state index contributed by atoms with van der Waals surface area (Å²) in [6.45, 7) is 0.816. The third kappa shape index (κ3) is 2.23. The molecule has 2 aromatic heterocycles. The molecule has 0 aromatic carbocycles. The molecule has 1 aliphatic rings. The van der Waals surface area contributed by atoms with Crippen molar-refractivity contribution in [1.82, 2.24) is 14.5 Å². The van der Waals surface area contributed by atoms with Gasteiger partial charge in [-0.2, -0.15) is 0 Å². The molecule has 0 saturated heterocycles. The summed E-state index contributed by atoms with van der Waals surface area (Å²) in [6, 6.07) is 1.96. The van der Waals surface area contributed by atoms with Crippen LogP contribution in [0.4, 0.5) is 0 Å². The second-order valence-corrected chi connectivity index (χ2v) is 5.98. The molecule has 1 N–H and O–H groups in total. The Morgan fingerprint density at radius 3 is 2.94 bits per heavy atom. The fourth-order valence-electron chi connectivity index (χ4n) is 2.82. The molecule has 0 atom stereocenters. The minimum atomic E-state index is -0.0406. The molecule has 1 aliphatic carbocycles. The van der Waals surface area contributed by atoms with Crippen LogP contribution in [0.5, 0.6) is 0 Å². The number of fused-ring (bicyclic) bond motifs is 1. The van der Waals surface area contributed by atoms with Crippen LogP contribution in [0.25, 0.3) is 11.2 Å². The normalized spacial score (nSPS) is 17.4. The Balaban J connectivity index is 1.97. The lowest BCUT2D eigenvalue weighted by molar-refractivity contribution is 0.319. The molecule has 0 spiro atoms. The van der Waals surface area contributed by atoms with Crippen molar-refractivity contribution in [2.24, 2.45) is 5.92 Å². The zero-order valence-corrected chi connectivity index (χ0v) is 11.7. The molecule has 1 fully saturated rings. The van der Waals surface area contributed by atoms with E-state index in [0.29, 0.717) is 11.6 Å². The van der Waals surface area contributed by atoms with Crippen LogP contribution in [-0.2, 0) is 6.54 Å². The summed E-state index contributed by atoms with van der Waals surface area (Å²) >= 11 is 3.41. The Kier molecular flexibility index (Phi) is 3.24. The second-order valence-electron chi connectivity index (χ2n) is 5.07. The molecule has 0 unspecified atom stereocenters. The number of halogens is 1. The summed E-state index contributed by atoms with van der Waals surface area (Å²) < 4.78 is 2.75. The topological polar surface area (TPSA) is 50.7 Å². The van der Waals surface area contributed by atoms with Crippen molar-refractivity contribution in [2.45, 2.75) is 38.6 Å². The van der Waals surface area contributed by atoms with E-state index < -0.39 is 0 Å². The first-order valence-corrected chi connectivity index (χ1v) is 7.27. The SMILES string of the molecule is O=c1[nH]c2ncc(Br)cc2n1CC1CCCCC1. The molecule has 96 valence electrons. The van der Waals surface area contributed by atoms with E-state index in [9.17, 15) is 4.79 Å². The molecular weight excluding hydrogens is 294 g/mol. The van der Waals surface area contributed by atoms with Gasteiger partial charge < -0.3 is 0 Å². The number of imidazole rings is 1. The van der Waals surface area contributed by atoms with E-state index in [4.69, 9.17) is 0 Å². The largest absolute Gasteiger partial charge is 0.327 e. The van der Waals surface area contributed by atoms with Crippen molar-refractivity contribution in [3.63, 3.8) is 0 Å². The van der Waals surface area contributed by atoms with Crippen LogP contribution in [0.15, 0.2) is 21.5 Å². The van der Waals surface area contributed by atoms with Gasteiger partial charge in [-0.15, -0.1) is 0 Å². The number of aromatic amines is 1. The van der Waals surface area contributed by atoms with Gasteiger partial charge in [-0.25, -0.2) is 9.78 Å². The summed E-state index contributed by atoms with van der Waals surface area (Å²) in [4.78, 5) is 19.0. The first-order valence-electron chi connectivity index (χ1n) is 6.48. The summed E-state index contributed by atoms with van der Waals surface area (Å²) in [5, 5.41) is 0. The zero-order valence-electron chi connectivity index (χ0n) is 10.2. The fourth-order valence-corrected chi connectivity index (χ4v) is 3.14. The summed E-state index contributed by atoms with van der Waals surface area (Å²) in [7, 11) is 0. The van der Waals surface area contributed by atoms with E-state index >= 15 is 0 Å². The van der Waals surface area contributed by atoms with Gasteiger partial charge in [-0.05, 0) is 40.8 Å². The maximum atomic E-state index is 12.0. The summed E-state index contributed by atoms with van der Waals surface area (Å²) in [6.07, 6.45) is 8.12. The quantitative estimate of drug-likeness (QED) is 0.927. The van der Waals surface area contributed by atoms with Crippen molar-refractivity contribution in [3.8, 4) is 0 Å². The Morgan fingerprint density at radius 1 is 1.39 bits per heavy atom. The highest BCUT2D eigenvalue weighted by molar-refractivity contribution is 9.10. The number of aromatic nitrogens is 3. The van der Waals surface area contributed by atoms with Crippen LogP contribution < -0.4 is 5.69 Å². The van der Waals surface area contributed by atoms with E-state index in [0.717, 1.165) is 16.5 Å². The Bertz CT molecular complexity index is 610. The zero-order chi connectivity index (χ0) is 12.5. The van der Waals surface area contributed by atoms with Crippen LogP contribution >= 0.6 is 15.9 Å². The van der Waals surface area contributed by atoms with Crippen molar-refractivity contribution in [1.29, 1.82) is 0 Å². The number of hydrogen-bond acceptors (Lipinski definition) is 2. The Labute approximate surface area is 114 Å². The molecule has 0 radical (unpaired) electrons. The lowest BCUT2D eigenvalue weighted by atomic mass is 9.89. The van der Waals surface area contributed by atoms with Gasteiger partial charge in [0.25, 0.3) is 0 Å². The standard InChI is InChI=1S/C13H16BrN3O/c14-10-6-11-12(15-7-10)16-13(18)17(11)8-9-4-2-1-3-5-9/h6-7,9H,1-5,8H2,(H,15,16,18). The Morgan fingerprint density at radius 2 is 2.17 bits per heavy atom. The highest BCUT2D eigenvalue weighted by Gasteiger charge is 2.17. The lowest BCUT2D eigenvalue weighted by Crippen LogP contribution is -2.22.